The van der Waals surface area contributed by atoms with E-state index in [9.17, 15) is 15.2 Å². The van der Waals surface area contributed by atoms with Gasteiger partial charge in [0, 0.05) is 23.2 Å². The second-order valence-corrected chi connectivity index (χ2v) is 4.12. The van der Waals surface area contributed by atoms with E-state index in [-0.39, 0.29) is 12.3 Å². The fourth-order valence-electron chi connectivity index (χ4n) is 1.33. The normalized spacial score (nSPS) is 13.2. The van der Waals surface area contributed by atoms with Gasteiger partial charge in [0.15, 0.2) is 0 Å². The Bertz CT molecular complexity index is 471. The molecule has 1 aromatic carbocycles. The lowest BCUT2D eigenvalue weighted by molar-refractivity contribution is -0.385. The summed E-state index contributed by atoms with van der Waals surface area (Å²) in [5.74, 6) is 0.411. The van der Waals surface area contributed by atoms with Crippen molar-refractivity contribution in [1.29, 1.82) is 0 Å². The molecule has 1 N–H and O–H groups in total. The lowest BCUT2D eigenvalue weighted by Crippen LogP contribution is -2.04. The minimum absolute atomic E-state index is 0.0807. The Morgan fingerprint density at radius 3 is 2.83 bits per heavy atom. The number of rotatable bonds is 5. The van der Waals surface area contributed by atoms with Gasteiger partial charge in [-0.2, -0.15) is 0 Å². The Balaban J connectivity index is 3.00. The van der Waals surface area contributed by atoms with Gasteiger partial charge in [0.2, 0.25) is 0 Å². The molecule has 1 aromatic rings. The molecule has 98 valence electrons. The Morgan fingerprint density at radius 1 is 1.67 bits per heavy atom. The van der Waals surface area contributed by atoms with Crippen molar-refractivity contribution in [2.75, 3.05) is 6.61 Å². The van der Waals surface area contributed by atoms with Crippen LogP contribution in [-0.4, -0.2) is 16.6 Å². The van der Waals surface area contributed by atoms with Crippen molar-refractivity contribution in [3.05, 3.63) is 45.0 Å². The summed E-state index contributed by atoms with van der Waals surface area (Å²) in [6.45, 7) is 3.58. The molecule has 18 heavy (non-hydrogen) atoms. The number of nitrogens with zero attached hydrogens (tertiary/aromatic N) is 1. The van der Waals surface area contributed by atoms with Gasteiger partial charge in [-0.3, -0.25) is 10.1 Å². The van der Waals surface area contributed by atoms with Crippen LogP contribution in [0.5, 0.6) is 5.75 Å². The summed E-state index contributed by atoms with van der Waals surface area (Å²) in [6.07, 6.45) is -0.847. The highest BCUT2D eigenvalue weighted by molar-refractivity contribution is 6.25. The van der Waals surface area contributed by atoms with Gasteiger partial charge in [-0.25, -0.2) is 0 Å². The van der Waals surface area contributed by atoms with E-state index in [1.807, 2.05) is 0 Å². The van der Waals surface area contributed by atoms with Crippen LogP contribution in [0.25, 0.3) is 0 Å². The molecule has 0 aliphatic heterocycles. The second-order valence-electron chi connectivity index (χ2n) is 3.90. The molecule has 1 unspecified atom stereocenters. The summed E-state index contributed by atoms with van der Waals surface area (Å²) in [7, 11) is 0. The number of non-ortho nitro benzene ring substituents is 1. The number of hydrogen-bond acceptors (Lipinski definition) is 4. The number of nitro groups is 1. The molecule has 5 nitrogen and oxygen atoms in total. The zero-order chi connectivity index (χ0) is 13.7. The summed E-state index contributed by atoms with van der Waals surface area (Å²) in [4.78, 5) is 10.1. The highest BCUT2D eigenvalue weighted by Gasteiger charge is 2.15. The number of nitro benzene ring substituents is 1. The monoisotopic (exact) mass is 271 g/mol. The van der Waals surface area contributed by atoms with Crippen LogP contribution in [0.15, 0.2) is 29.3 Å². The van der Waals surface area contributed by atoms with E-state index in [2.05, 4.69) is 0 Å². The Kier molecular flexibility index (Phi) is 5.12. The smallest absolute Gasteiger partial charge is 0.270 e. The van der Waals surface area contributed by atoms with E-state index in [4.69, 9.17) is 16.3 Å². The SMILES string of the molecule is C/C(=C\Cl)COc1ccc([N+](=O)[O-])cc1C(C)O. The first-order valence-electron chi connectivity index (χ1n) is 5.30. The molecule has 0 radical (unpaired) electrons. The standard InChI is InChI=1S/C12H14ClNO4/c1-8(6-13)7-18-12-4-3-10(14(16)17)5-11(12)9(2)15/h3-6,9,15H,7H2,1-2H3/b8-6+. The van der Waals surface area contributed by atoms with Crippen molar-refractivity contribution in [3.8, 4) is 5.75 Å². The van der Waals surface area contributed by atoms with Crippen molar-refractivity contribution in [3.63, 3.8) is 0 Å². The zero-order valence-electron chi connectivity index (χ0n) is 10.1. The van der Waals surface area contributed by atoms with Crippen molar-refractivity contribution in [1.82, 2.24) is 0 Å². The molecule has 0 aliphatic rings. The van der Waals surface area contributed by atoms with Crippen molar-refractivity contribution >= 4 is 17.3 Å². The van der Waals surface area contributed by atoms with E-state index >= 15 is 0 Å². The maximum Gasteiger partial charge on any atom is 0.270 e. The van der Waals surface area contributed by atoms with Crippen LogP contribution in [0, 0.1) is 10.1 Å². The van der Waals surface area contributed by atoms with E-state index in [0.717, 1.165) is 5.57 Å². The number of aliphatic hydroxyl groups excluding tert-OH is 1. The van der Waals surface area contributed by atoms with Gasteiger partial charge in [0.1, 0.15) is 12.4 Å². The predicted molar refractivity (Wildman–Crippen MR) is 68.8 cm³/mol. The molecule has 1 atom stereocenters. The summed E-state index contributed by atoms with van der Waals surface area (Å²) in [5.41, 5.74) is 2.51. The maximum atomic E-state index is 10.7. The van der Waals surface area contributed by atoms with Crippen LogP contribution in [0.4, 0.5) is 5.69 Å². The van der Waals surface area contributed by atoms with Crippen LogP contribution < -0.4 is 4.74 Å². The minimum atomic E-state index is -0.847. The van der Waals surface area contributed by atoms with Crippen LogP contribution >= 0.6 is 11.6 Å². The first-order valence-corrected chi connectivity index (χ1v) is 5.74. The lowest BCUT2D eigenvalue weighted by atomic mass is 10.1. The average molecular weight is 272 g/mol. The van der Waals surface area contributed by atoms with Crippen molar-refractivity contribution in [2.45, 2.75) is 20.0 Å². The van der Waals surface area contributed by atoms with E-state index < -0.39 is 11.0 Å². The van der Waals surface area contributed by atoms with Crippen LogP contribution in [0.2, 0.25) is 0 Å². The number of benzene rings is 1. The number of ether oxygens (including phenoxy) is 1. The quantitative estimate of drug-likeness (QED) is 0.659. The molecule has 0 saturated heterocycles. The summed E-state index contributed by atoms with van der Waals surface area (Å²) < 4.78 is 5.45. The minimum Gasteiger partial charge on any atom is -0.489 e. The highest BCUT2D eigenvalue weighted by atomic mass is 35.5. The zero-order valence-corrected chi connectivity index (χ0v) is 10.8. The molecule has 0 heterocycles. The third-order valence-electron chi connectivity index (χ3n) is 2.30. The van der Waals surface area contributed by atoms with Gasteiger partial charge in [-0.15, -0.1) is 0 Å². The Hall–Kier alpha value is -1.59. The van der Waals surface area contributed by atoms with Gasteiger partial charge >= 0.3 is 0 Å². The second kappa shape index (κ2) is 6.37. The number of halogens is 1. The predicted octanol–water partition coefficient (Wildman–Crippen LogP) is 3.17. The maximum absolute atomic E-state index is 10.7. The van der Waals surface area contributed by atoms with E-state index in [1.54, 1.807) is 6.92 Å². The molecule has 0 fully saturated rings. The van der Waals surface area contributed by atoms with Crippen LogP contribution in [0.3, 0.4) is 0 Å². The third-order valence-corrected chi connectivity index (χ3v) is 2.67. The fourth-order valence-corrected chi connectivity index (χ4v) is 1.39. The van der Waals surface area contributed by atoms with Gasteiger partial charge in [0.05, 0.1) is 11.0 Å². The lowest BCUT2D eigenvalue weighted by Gasteiger charge is -2.13. The molecule has 0 saturated carbocycles. The molecule has 0 aromatic heterocycles. The summed E-state index contributed by atoms with van der Waals surface area (Å²) in [6, 6.07) is 4.11. The molecular formula is C12H14ClNO4. The molecule has 0 amide bonds. The van der Waals surface area contributed by atoms with Crippen LogP contribution in [-0.2, 0) is 0 Å². The number of hydrogen-bond donors (Lipinski definition) is 1. The fraction of sp³-hybridized carbons (Fsp3) is 0.333. The van der Waals surface area contributed by atoms with Gasteiger partial charge < -0.3 is 9.84 Å². The molecule has 0 spiro atoms. The molecule has 1 rings (SSSR count). The highest BCUT2D eigenvalue weighted by Crippen LogP contribution is 2.29. The Labute approximate surface area is 110 Å². The number of aliphatic hydroxyl groups is 1. The first kappa shape index (κ1) is 14.5. The van der Waals surface area contributed by atoms with Gasteiger partial charge in [-0.05, 0) is 25.5 Å². The Morgan fingerprint density at radius 2 is 2.33 bits per heavy atom. The molecular weight excluding hydrogens is 258 g/mol. The molecule has 6 heteroatoms. The van der Waals surface area contributed by atoms with Crippen LogP contribution in [0.1, 0.15) is 25.5 Å². The average Bonchev–Trinajstić information content (AvgIpc) is 2.35. The topological polar surface area (TPSA) is 72.6 Å². The summed E-state index contributed by atoms with van der Waals surface area (Å²) >= 11 is 5.51. The third kappa shape index (κ3) is 3.72. The molecule has 0 bridgehead atoms. The van der Waals surface area contributed by atoms with Gasteiger partial charge in [-0.1, -0.05) is 11.6 Å². The first-order chi connectivity index (χ1) is 8.45. The van der Waals surface area contributed by atoms with Crippen molar-refractivity contribution in [2.24, 2.45) is 0 Å². The largest absolute Gasteiger partial charge is 0.489 e. The summed E-state index contributed by atoms with van der Waals surface area (Å²) in [5, 5.41) is 20.2. The van der Waals surface area contributed by atoms with Gasteiger partial charge in [0.25, 0.3) is 5.69 Å². The van der Waals surface area contributed by atoms with E-state index in [0.29, 0.717) is 11.3 Å². The van der Waals surface area contributed by atoms with Crippen molar-refractivity contribution < 1.29 is 14.8 Å². The van der Waals surface area contributed by atoms with E-state index in [1.165, 1.54) is 30.7 Å². The molecule has 0 aliphatic carbocycles.